The molecule has 0 radical (unpaired) electrons. The summed E-state index contributed by atoms with van der Waals surface area (Å²) in [7, 11) is 0. The highest BCUT2D eigenvalue weighted by molar-refractivity contribution is 5.75. The largest absolute Gasteiger partial charge is 0.460 e. The van der Waals surface area contributed by atoms with Crippen LogP contribution in [0.15, 0.2) is 38.4 Å². The number of aromatic amines is 1. The second-order valence-electron chi connectivity index (χ2n) is 5.03. The molecule has 0 saturated carbocycles. The van der Waals surface area contributed by atoms with Crippen LogP contribution in [0.1, 0.15) is 23.7 Å². The van der Waals surface area contributed by atoms with Gasteiger partial charge in [-0.15, -0.1) is 0 Å². The first-order valence-electron chi connectivity index (χ1n) is 7.19. The standard InChI is InChI=1S/C16H15N3O4/c1-3-10-7-12(20)23-15-13(10)14(21)18-16(19-15)22-8-11-5-4-6-17-9(11)2/h4-7H,3,8H2,1-2H3,(H,18,19,21). The first-order valence-corrected chi connectivity index (χ1v) is 7.19. The van der Waals surface area contributed by atoms with Crippen LogP contribution >= 0.6 is 0 Å². The number of nitrogens with one attached hydrogen (secondary N) is 1. The highest BCUT2D eigenvalue weighted by atomic mass is 16.5. The number of pyridine rings is 1. The van der Waals surface area contributed by atoms with Crippen LogP contribution in [-0.4, -0.2) is 15.0 Å². The van der Waals surface area contributed by atoms with Crippen molar-refractivity contribution in [2.24, 2.45) is 0 Å². The van der Waals surface area contributed by atoms with E-state index < -0.39 is 11.2 Å². The average molecular weight is 313 g/mol. The van der Waals surface area contributed by atoms with Crippen LogP contribution in [0.4, 0.5) is 0 Å². The molecule has 0 aliphatic rings. The summed E-state index contributed by atoms with van der Waals surface area (Å²) in [5.74, 6) is 0. The van der Waals surface area contributed by atoms with Gasteiger partial charge in [0.05, 0.1) is 0 Å². The molecule has 23 heavy (non-hydrogen) atoms. The first-order chi connectivity index (χ1) is 11.1. The maximum Gasteiger partial charge on any atom is 0.337 e. The van der Waals surface area contributed by atoms with Crippen LogP contribution in [0.5, 0.6) is 6.01 Å². The van der Waals surface area contributed by atoms with Crippen molar-refractivity contribution in [1.29, 1.82) is 0 Å². The van der Waals surface area contributed by atoms with Gasteiger partial charge in [0.15, 0.2) is 0 Å². The van der Waals surface area contributed by atoms with Crippen molar-refractivity contribution in [2.75, 3.05) is 0 Å². The fourth-order valence-corrected chi connectivity index (χ4v) is 2.29. The van der Waals surface area contributed by atoms with Gasteiger partial charge in [-0.1, -0.05) is 13.0 Å². The molecule has 3 aromatic heterocycles. The lowest BCUT2D eigenvalue weighted by molar-refractivity contribution is 0.278. The second-order valence-corrected chi connectivity index (χ2v) is 5.03. The number of fused-ring (bicyclic) bond motifs is 1. The molecule has 0 atom stereocenters. The first kappa shape index (κ1) is 15.0. The van der Waals surface area contributed by atoms with Crippen molar-refractivity contribution in [3.05, 3.63) is 62.0 Å². The lowest BCUT2D eigenvalue weighted by atomic mass is 10.1. The van der Waals surface area contributed by atoms with Gasteiger partial charge >= 0.3 is 5.63 Å². The molecular formula is C16H15N3O4. The van der Waals surface area contributed by atoms with Crippen molar-refractivity contribution in [3.8, 4) is 6.01 Å². The molecule has 0 fully saturated rings. The molecule has 0 bridgehead atoms. The normalized spacial score (nSPS) is 10.9. The van der Waals surface area contributed by atoms with Crippen LogP contribution < -0.4 is 15.9 Å². The van der Waals surface area contributed by atoms with Gasteiger partial charge in [0.1, 0.15) is 12.0 Å². The number of H-pyrrole nitrogens is 1. The Morgan fingerprint density at radius 3 is 2.87 bits per heavy atom. The van der Waals surface area contributed by atoms with Crippen LogP contribution in [-0.2, 0) is 13.0 Å². The fraction of sp³-hybridized carbons (Fsp3) is 0.250. The van der Waals surface area contributed by atoms with E-state index in [4.69, 9.17) is 9.15 Å². The van der Waals surface area contributed by atoms with Crippen molar-refractivity contribution in [1.82, 2.24) is 15.0 Å². The summed E-state index contributed by atoms with van der Waals surface area (Å²) < 4.78 is 10.5. The van der Waals surface area contributed by atoms with Gasteiger partial charge in [-0.05, 0) is 25.0 Å². The third-order valence-electron chi connectivity index (χ3n) is 3.54. The van der Waals surface area contributed by atoms with Crippen molar-refractivity contribution >= 4 is 11.1 Å². The van der Waals surface area contributed by atoms with E-state index >= 15 is 0 Å². The summed E-state index contributed by atoms with van der Waals surface area (Å²) in [6.45, 7) is 3.91. The van der Waals surface area contributed by atoms with Gasteiger partial charge in [-0.2, -0.15) is 4.98 Å². The van der Waals surface area contributed by atoms with E-state index in [1.54, 1.807) is 12.3 Å². The molecule has 0 saturated heterocycles. The van der Waals surface area contributed by atoms with Gasteiger partial charge in [0.2, 0.25) is 5.71 Å². The summed E-state index contributed by atoms with van der Waals surface area (Å²) >= 11 is 0. The molecule has 1 N–H and O–H groups in total. The zero-order valence-corrected chi connectivity index (χ0v) is 12.8. The molecule has 0 aromatic carbocycles. The Labute approximate surface area is 131 Å². The van der Waals surface area contributed by atoms with E-state index in [-0.39, 0.29) is 23.7 Å². The summed E-state index contributed by atoms with van der Waals surface area (Å²) in [6.07, 6.45) is 2.22. The summed E-state index contributed by atoms with van der Waals surface area (Å²) in [5.41, 5.74) is 1.35. The number of aromatic nitrogens is 3. The Balaban J connectivity index is 1.98. The summed E-state index contributed by atoms with van der Waals surface area (Å²) in [6, 6.07) is 4.98. The number of ether oxygens (including phenoxy) is 1. The zero-order chi connectivity index (χ0) is 16.4. The lowest BCUT2D eigenvalue weighted by Crippen LogP contribution is -2.15. The van der Waals surface area contributed by atoms with E-state index in [1.165, 1.54) is 6.07 Å². The Morgan fingerprint density at radius 2 is 2.13 bits per heavy atom. The molecule has 7 nitrogen and oxygen atoms in total. The summed E-state index contributed by atoms with van der Waals surface area (Å²) in [4.78, 5) is 34.6. The number of hydrogen-bond acceptors (Lipinski definition) is 6. The number of rotatable bonds is 4. The highest BCUT2D eigenvalue weighted by Gasteiger charge is 2.12. The molecule has 7 heteroatoms. The maximum absolute atomic E-state index is 12.2. The Bertz CT molecular complexity index is 975. The minimum Gasteiger partial charge on any atom is -0.460 e. The molecule has 118 valence electrons. The molecule has 0 spiro atoms. The molecular weight excluding hydrogens is 298 g/mol. The third-order valence-corrected chi connectivity index (χ3v) is 3.54. The zero-order valence-electron chi connectivity index (χ0n) is 12.8. The van der Waals surface area contributed by atoms with Crippen molar-refractivity contribution < 1.29 is 9.15 Å². The number of hydrogen-bond donors (Lipinski definition) is 1. The van der Waals surface area contributed by atoms with E-state index in [2.05, 4.69) is 15.0 Å². The Hall–Kier alpha value is -2.96. The topological polar surface area (TPSA) is 98.1 Å². The predicted molar refractivity (Wildman–Crippen MR) is 83.6 cm³/mol. The fourth-order valence-electron chi connectivity index (χ4n) is 2.29. The van der Waals surface area contributed by atoms with Crippen LogP contribution in [0.25, 0.3) is 11.1 Å². The molecule has 0 aliphatic carbocycles. The van der Waals surface area contributed by atoms with Gasteiger partial charge in [-0.25, -0.2) is 4.79 Å². The Kier molecular flexibility index (Phi) is 3.92. The number of nitrogens with zero attached hydrogens (tertiary/aromatic N) is 2. The van der Waals surface area contributed by atoms with E-state index in [0.29, 0.717) is 12.0 Å². The van der Waals surface area contributed by atoms with E-state index in [0.717, 1.165) is 11.3 Å². The predicted octanol–water partition coefficient (Wildman–Crippen LogP) is 1.72. The quantitative estimate of drug-likeness (QED) is 0.787. The van der Waals surface area contributed by atoms with Gasteiger partial charge < -0.3 is 9.15 Å². The lowest BCUT2D eigenvalue weighted by Gasteiger charge is -2.08. The number of aryl methyl sites for hydroxylation is 2. The van der Waals surface area contributed by atoms with Crippen LogP contribution in [0, 0.1) is 6.92 Å². The smallest absolute Gasteiger partial charge is 0.337 e. The van der Waals surface area contributed by atoms with Gasteiger partial charge in [-0.3, -0.25) is 14.8 Å². The van der Waals surface area contributed by atoms with Gasteiger partial charge in [0, 0.05) is 23.5 Å². The third kappa shape index (κ3) is 2.98. The molecule has 0 aliphatic heterocycles. The average Bonchev–Trinajstić information content (AvgIpc) is 2.52. The molecule has 3 rings (SSSR count). The molecule has 3 heterocycles. The summed E-state index contributed by atoms with van der Waals surface area (Å²) in [5, 5.41) is 0.275. The van der Waals surface area contributed by atoms with Crippen molar-refractivity contribution in [2.45, 2.75) is 26.9 Å². The molecule has 3 aromatic rings. The van der Waals surface area contributed by atoms with Gasteiger partial charge in [0.25, 0.3) is 11.6 Å². The molecule has 0 unspecified atom stereocenters. The van der Waals surface area contributed by atoms with Crippen molar-refractivity contribution in [3.63, 3.8) is 0 Å². The molecule has 0 amide bonds. The monoisotopic (exact) mass is 313 g/mol. The maximum atomic E-state index is 12.2. The van der Waals surface area contributed by atoms with Crippen LogP contribution in [0.3, 0.4) is 0 Å². The minimum atomic E-state index is -0.540. The minimum absolute atomic E-state index is 0.00200. The highest BCUT2D eigenvalue weighted by Crippen LogP contribution is 2.14. The second kappa shape index (κ2) is 6.04. The van der Waals surface area contributed by atoms with E-state index in [9.17, 15) is 9.59 Å². The van der Waals surface area contributed by atoms with E-state index in [1.807, 2.05) is 19.9 Å². The Morgan fingerprint density at radius 1 is 1.30 bits per heavy atom. The SMILES string of the molecule is CCc1cc(=O)oc2nc(OCc3cccnc3C)[nH]c(=O)c12. The van der Waals surface area contributed by atoms with Crippen LogP contribution in [0.2, 0.25) is 0 Å².